The molecule has 0 aromatic rings. The van der Waals surface area contributed by atoms with E-state index in [4.69, 9.17) is 9.16 Å². The first-order chi connectivity index (χ1) is 5.87. The van der Waals surface area contributed by atoms with Crippen molar-refractivity contribution in [3.8, 4) is 0 Å². The van der Waals surface area contributed by atoms with E-state index in [1.807, 2.05) is 34.6 Å². The summed E-state index contributed by atoms with van der Waals surface area (Å²) in [7, 11) is -0.811. The van der Waals surface area contributed by atoms with Gasteiger partial charge in [0.15, 0.2) is 9.76 Å². The van der Waals surface area contributed by atoms with E-state index >= 15 is 0 Å². The summed E-state index contributed by atoms with van der Waals surface area (Å²) in [6.45, 7) is 10.1. The zero-order valence-electron chi connectivity index (χ0n) is 9.22. The molecule has 0 N–H and O–H groups in total. The van der Waals surface area contributed by atoms with E-state index < -0.39 is 9.76 Å². The molecule has 1 unspecified atom stereocenters. The van der Waals surface area contributed by atoms with E-state index in [2.05, 4.69) is 0 Å². The number of rotatable bonds is 4. The Kier molecular flexibility index (Phi) is 5.25. The fourth-order valence-corrected chi connectivity index (χ4v) is 1.73. The van der Waals surface area contributed by atoms with E-state index in [1.165, 1.54) is 0 Å². The highest BCUT2D eigenvalue weighted by Crippen LogP contribution is 2.11. The molecule has 0 fully saturated rings. The lowest BCUT2D eigenvalue weighted by molar-refractivity contribution is -0.142. The normalized spacial score (nSPS) is 14.8. The van der Waals surface area contributed by atoms with Gasteiger partial charge >= 0.3 is 5.97 Å². The molecular formula is C9H20O3Si. The van der Waals surface area contributed by atoms with E-state index in [-0.39, 0.29) is 17.1 Å². The van der Waals surface area contributed by atoms with Crippen LogP contribution in [0.25, 0.3) is 0 Å². The van der Waals surface area contributed by atoms with Crippen molar-refractivity contribution < 1.29 is 14.0 Å². The maximum atomic E-state index is 11.2. The minimum absolute atomic E-state index is 0.0424. The lowest BCUT2D eigenvalue weighted by atomic mass is 10.2. The smallest absolute Gasteiger partial charge is 0.307 e. The zero-order valence-corrected chi connectivity index (χ0v) is 10.6. The van der Waals surface area contributed by atoms with Gasteiger partial charge in [0.25, 0.3) is 0 Å². The monoisotopic (exact) mass is 204 g/mol. The van der Waals surface area contributed by atoms with Gasteiger partial charge in [-0.1, -0.05) is 6.92 Å². The quantitative estimate of drug-likeness (QED) is 0.511. The van der Waals surface area contributed by atoms with Crippen molar-refractivity contribution in [3.05, 3.63) is 0 Å². The van der Waals surface area contributed by atoms with Gasteiger partial charge in [0.2, 0.25) is 0 Å². The summed E-state index contributed by atoms with van der Waals surface area (Å²) in [5.41, 5.74) is -0.174. The fraction of sp³-hybridized carbons (Fsp3) is 0.889. The molecule has 0 saturated carbocycles. The molecule has 0 aliphatic carbocycles. The van der Waals surface area contributed by atoms with Gasteiger partial charge in [-0.2, -0.15) is 0 Å². The number of hydrogen-bond donors (Lipinski definition) is 0. The Morgan fingerprint density at radius 1 is 1.46 bits per heavy atom. The first kappa shape index (κ1) is 12.6. The molecule has 0 rings (SSSR count). The van der Waals surface area contributed by atoms with E-state index in [0.717, 1.165) is 0 Å². The molecule has 0 aliphatic heterocycles. The topological polar surface area (TPSA) is 35.5 Å². The van der Waals surface area contributed by atoms with Crippen LogP contribution in [0.5, 0.6) is 0 Å². The second-order valence-electron chi connectivity index (χ2n) is 4.08. The second kappa shape index (κ2) is 5.39. The van der Waals surface area contributed by atoms with E-state index in [1.54, 1.807) is 0 Å². The molecule has 0 aromatic heterocycles. The predicted octanol–water partition coefficient (Wildman–Crippen LogP) is 1.26. The van der Waals surface area contributed by atoms with E-state index in [0.29, 0.717) is 6.61 Å². The standard InChI is InChI=1S/C9H20O3Si/c1-6-11-8(10)7(2)13-12-9(3,4)5/h7H,6,13H2,1-5H3. The first-order valence-corrected chi connectivity index (χ1v) is 6.06. The lowest BCUT2D eigenvalue weighted by Crippen LogP contribution is -2.26. The van der Waals surface area contributed by atoms with Gasteiger partial charge in [-0.15, -0.1) is 0 Å². The first-order valence-electron chi connectivity index (χ1n) is 4.67. The van der Waals surface area contributed by atoms with Crippen LogP contribution in [-0.2, 0) is 14.0 Å². The van der Waals surface area contributed by atoms with Crippen LogP contribution in [-0.4, -0.2) is 27.9 Å². The van der Waals surface area contributed by atoms with Crippen molar-refractivity contribution in [2.24, 2.45) is 0 Å². The van der Waals surface area contributed by atoms with Crippen LogP contribution in [0.1, 0.15) is 34.6 Å². The Morgan fingerprint density at radius 2 is 2.00 bits per heavy atom. The Bertz CT molecular complexity index is 163. The fourth-order valence-electron chi connectivity index (χ4n) is 0.728. The summed E-state index contributed by atoms with van der Waals surface area (Å²) in [4.78, 5) is 11.2. The summed E-state index contributed by atoms with van der Waals surface area (Å²) in [5, 5.41) is 0. The molecule has 0 bridgehead atoms. The third kappa shape index (κ3) is 6.78. The molecule has 78 valence electrons. The Hall–Kier alpha value is -0.353. The predicted molar refractivity (Wildman–Crippen MR) is 55.4 cm³/mol. The minimum atomic E-state index is -0.811. The maximum Gasteiger partial charge on any atom is 0.307 e. The van der Waals surface area contributed by atoms with Crippen LogP contribution in [0.2, 0.25) is 5.54 Å². The van der Waals surface area contributed by atoms with Gasteiger partial charge in [0.05, 0.1) is 12.1 Å². The van der Waals surface area contributed by atoms with Gasteiger partial charge in [0.1, 0.15) is 0 Å². The summed E-state index contributed by atoms with van der Waals surface area (Å²) in [6.07, 6.45) is 0. The van der Waals surface area contributed by atoms with Crippen molar-refractivity contribution >= 4 is 15.7 Å². The Labute approximate surface area is 82.7 Å². The average molecular weight is 204 g/mol. The van der Waals surface area contributed by atoms with Gasteiger partial charge in [-0.25, -0.2) is 0 Å². The van der Waals surface area contributed by atoms with Crippen molar-refractivity contribution in [2.45, 2.75) is 45.8 Å². The van der Waals surface area contributed by atoms with Crippen molar-refractivity contribution in [3.63, 3.8) is 0 Å². The minimum Gasteiger partial charge on any atom is -0.466 e. The number of carbonyl (C=O) groups is 1. The molecule has 0 saturated heterocycles. The van der Waals surface area contributed by atoms with Gasteiger partial charge in [-0.3, -0.25) is 4.79 Å². The molecule has 1 atom stereocenters. The Balaban J connectivity index is 3.74. The number of ether oxygens (including phenoxy) is 1. The molecule has 0 amide bonds. The maximum absolute atomic E-state index is 11.2. The highest BCUT2D eigenvalue weighted by atomic mass is 28.2. The van der Waals surface area contributed by atoms with Crippen LogP contribution in [0, 0.1) is 0 Å². The third-order valence-electron chi connectivity index (χ3n) is 1.46. The van der Waals surface area contributed by atoms with Crippen molar-refractivity contribution in [1.29, 1.82) is 0 Å². The van der Waals surface area contributed by atoms with Crippen molar-refractivity contribution in [1.82, 2.24) is 0 Å². The van der Waals surface area contributed by atoms with Crippen LogP contribution >= 0.6 is 0 Å². The van der Waals surface area contributed by atoms with Crippen LogP contribution in [0.3, 0.4) is 0 Å². The lowest BCUT2D eigenvalue weighted by Gasteiger charge is -2.21. The molecule has 0 heterocycles. The summed E-state index contributed by atoms with van der Waals surface area (Å²) >= 11 is 0. The van der Waals surface area contributed by atoms with Gasteiger partial charge in [0, 0.05) is 5.60 Å². The summed E-state index contributed by atoms with van der Waals surface area (Å²) in [6, 6.07) is 0. The van der Waals surface area contributed by atoms with Crippen molar-refractivity contribution in [2.75, 3.05) is 6.61 Å². The number of hydrogen-bond acceptors (Lipinski definition) is 3. The molecular weight excluding hydrogens is 184 g/mol. The largest absolute Gasteiger partial charge is 0.466 e. The molecule has 0 spiro atoms. The Morgan fingerprint density at radius 3 is 2.38 bits per heavy atom. The van der Waals surface area contributed by atoms with Crippen LogP contribution < -0.4 is 0 Å². The highest BCUT2D eigenvalue weighted by molar-refractivity contribution is 6.36. The van der Waals surface area contributed by atoms with Gasteiger partial charge < -0.3 is 9.16 Å². The summed E-state index contributed by atoms with van der Waals surface area (Å²) in [5.74, 6) is -0.126. The van der Waals surface area contributed by atoms with E-state index in [9.17, 15) is 4.79 Å². The number of esters is 1. The molecule has 0 aliphatic rings. The van der Waals surface area contributed by atoms with Crippen LogP contribution in [0.4, 0.5) is 0 Å². The summed E-state index contributed by atoms with van der Waals surface area (Å²) < 4.78 is 10.5. The molecule has 0 aromatic carbocycles. The zero-order chi connectivity index (χ0) is 10.5. The molecule has 4 heteroatoms. The molecule has 0 radical (unpaired) electrons. The SMILES string of the molecule is CCOC(=O)C(C)[SiH2]OC(C)(C)C. The average Bonchev–Trinajstić information content (AvgIpc) is 1.99. The highest BCUT2D eigenvalue weighted by Gasteiger charge is 2.18. The molecule has 13 heavy (non-hydrogen) atoms. The number of carbonyl (C=O) groups excluding carboxylic acids is 1. The van der Waals surface area contributed by atoms with Crippen LogP contribution in [0.15, 0.2) is 0 Å². The molecule has 3 nitrogen and oxygen atoms in total. The van der Waals surface area contributed by atoms with Gasteiger partial charge in [-0.05, 0) is 27.7 Å². The second-order valence-corrected chi connectivity index (χ2v) is 5.92. The third-order valence-corrected chi connectivity index (χ3v) is 3.32.